The molecule has 1 unspecified atom stereocenters. The number of hydrogen-bond acceptors (Lipinski definition) is 14. The zero-order valence-corrected chi connectivity index (χ0v) is 49.1. The van der Waals surface area contributed by atoms with Crippen molar-refractivity contribution in [3.63, 3.8) is 0 Å². The molecule has 0 radical (unpaired) electrons. The first kappa shape index (κ1) is 65.3. The van der Waals surface area contributed by atoms with Crippen LogP contribution in [0, 0.1) is 5.92 Å². The second-order valence-electron chi connectivity index (χ2n) is 21.2. The minimum Gasteiger partial charge on any atom is -0.480 e. The van der Waals surface area contributed by atoms with Crippen molar-refractivity contribution in [2.45, 2.75) is 120 Å². The number of fused-ring (bicyclic) bond motifs is 1. The Morgan fingerprint density at radius 1 is 0.560 bits per heavy atom. The van der Waals surface area contributed by atoms with E-state index in [1.54, 1.807) is 91.0 Å². The first-order valence-corrected chi connectivity index (χ1v) is 30.3. The number of unbranched alkanes of at least 4 members (excludes halogenated alkanes) is 1. The molecular weight excluding hydrogens is 1110 g/mol. The molecule has 23 heteroatoms. The molecule has 0 aromatic heterocycles. The van der Waals surface area contributed by atoms with Crippen LogP contribution in [-0.4, -0.2) is 148 Å². The predicted molar refractivity (Wildman–Crippen MR) is 324 cm³/mol. The van der Waals surface area contributed by atoms with Crippen LogP contribution in [0.2, 0.25) is 0 Å². The van der Waals surface area contributed by atoms with Crippen molar-refractivity contribution in [1.82, 2.24) is 42.1 Å². The highest BCUT2D eigenvalue weighted by Gasteiger charge is 2.38. The summed E-state index contributed by atoms with van der Waals surface area (Å²) >= 11 is 0. The summed E-state index contributed by atoms with van der Waals surface area (Å²) in [5.74, 6) is -8.60. The maximum absolute atomic E-state index is 15.2. The quantitative estimate of drug-likeness (QED) is 0.0500. The molecule has 1 saturated heterocycles. The van der Waals surface area contributed by atoms with Gasteiger partial charge in [-0.05, 0) is 90.2 Å². The van der Waals surface area contributed by atoms with Crippen molar-refractivity contribution in [2.24, 2.45) is 17.4 Å². The highest BCUT2D eigenvalue weighted by atomic mass is 33.1. The molecule has 5 aromatic carbocycles. The van der Waals surface area contributed by atoms with Crippen molar-refractivity contribution in [2.75, 3.05) is 25.1 Å². The number of nitrogens with one attached hydrogen (secondary N) is 7. The third-order valence-corrected chi connectivity index (χ3v) is 16.4. The summed E-state index contributed by atoms with van der Waals surface area (Å²) in [6.45, 7) is 5.58. The van der Waals surface area contributed by atoms with Gasteiger partial charge < -0.3 is 63.8 Å². The summed E-state index contributed by atoms with van der Waals surface area (Å²) in [4.78, 5) is 130. The van der Waals surface area contributed by atoms with E-state index in [4.69, 9.17) is 11.5 Å². The SMILES string of the molecule is CC(C)Cc1ccc(C[C@@H]2NC(=O)[C@H](Cc3ccccc3)NC(=O)[C@H](N)CSSC[C@@H](C(=O)O)NC(=O)[C@H](Cc3ccccc3)NC(=O)[C@H](C(C)O)NC(=O)[C@H](CCCCN)NC(=O)[C@@H](N(C)C(=O)c3ccc4ccccc4c3)NC2=O)cc1. The Morgan fingerprint density at radius 3 is 1.62 bits per heavy atom. The van der Waals surface area contributed by atoms with Crippen molar-refractivity contribution < 1.29 is 53.4 Å². The minimum absolute atomic E-state index is 0.0610. The molecule has 8 amide bonds. The van der Waals surface area contributed by atoms with Gasteiger partial charge in [-0.25, -0.2) is 4.79 Å². The van der Waals surface area contributed by atoms with E-state index in [1.807, 2.05) is 36.4 Å². The average molecular weight is 1190 g/mol. The van der Waals surface area contributed by atoms with E-state index in [-0.39, 0.29) is 55.7 Å². The maximum atomic E-state index is 15.2. The lowest BCUT2D eigenvalue weighted by molar-refractivity contribution is -0.141. The van der Waals surface area contributed by atoms with Gasteiger partial charge in [-0.2, -0.15) is 0 Å². The van der Waals surface area contributed by atoms with Gasteiger partial charge in [-0.15, -0.1) is 0 Å². The monoisotopic (exact) mass is 1190 g/mol. The van der Waals surface area contributed by atoms with Gasteiger partial charge in [0.05, 0.1) is 12.1 Å². The molecule has 448 valence electrons. The van der Waals surface area contributed by atoms with Crippen LogP contribution in [0.5, 0.6) is 0 Å². The first-order chi connectivity index (χ1) is 40.2. The fourth-order valence-electron chi connectivity index (χ4n) is 9.31. The van der Waals surface area contributed by atoms with Gasteiger partial charge >= 0.3 is 5.97 Å². The Kier molecular flexibility index (Phi) is 25.1. The molecule has 9 atom stereocenters. The van der Waals surface area contributed by atoms with E-state index >= 15 is 9.59 Å². The summed E-state index contributed by atoms with van der Waals surface area (Å²) in [5, 5.41) is 41.4. The Labute approximate surface area is 496 Å². The lowest BCUT2D eigenvalue weighted by Crippen LogP contribution is -2.64. The second kappa shape index (κ2) is 32.3. The van der Waals surface area contributed by atoms with Gasteiger partial charge in [0.2, 0.25) is 35.4 Å². The van der Waals surface area contributed by atoms with Crippen molar-refractivity contribution in [3.8, 4) is 0 Å². The van der Waals surface area contributed by atoms with Crippen LogP contribution in [0.25, 0.3) is 10.8 Å². The fourth-order valence-corrected chi connectivity index (χ4v) is 11.6. The van der Waals surface area contributed by atoms with Crippen molar-refractivity contribution in [1.29, 1.82) is 0 Å². The van der Waals surface area contributed by atoms with Crippen LogP contribution >= 0.6 is 21.6 Å². The number of rotatable bonds is 16. The molecule has 0 spiro atoms. The average Bonchev–Trinajstić information content (AvgIpc) is 3.67. The molecule has 6 rings (SSSR count). The van der Waals surface area contributed by atoms with E-state index in [0.29, 0.717) is 34.4 Å². The number of carboxylic acid groups (broad SMARTS) is 1. The van der Waals surface area contributed by atoms with Gasteiger partial charge in [0.1, 0.15) is 36.3 Å². The summed E-state index contributed by atoms with van der Waals surface area (Å²) in [5.41, 5.74) is 15.2. The molecule has 21 nitrogen and oxygen atoms in total. The topological polar surface area (TPSA) is 334 Å². The first-order valence-electron chi connectivity index (χ1n) is 27.9. The molecule has 1 aliphatic heterocycles. The number of benzene rings is 5. The number of amides is 8. The number of hydrogen-bond donors (Lipinski definition) is 11. The molecule has 1 heterocycles. The van der Waals surface area contributed by atoms with E-state index < -0.39 is 108 Å². The van der Waals surface area contributed by atoms with Crippen LogP contribution < -0.4 is 48.7 Å². The van der Waals surface area contributed by atoms with Gasteiger partial charge in [0.15, 0.2) is 6.17 Å². The predicted octanol–water partition coefficient (Wildman–Crippen LogP) is 2.51. The molecule has 1 fully saturated rings. The van der Waals surface area contributed by atoms with E-state index in [2.05, 4.69) is 51.1 Å². The third-order valence-electron chi connectivity index (χ3n) is 14.0. The Morgan fingerprint density at radius 2 is 1.05 bits per heavy atom. The third kappa shape index (κ3) is 19.6. The molecule has 84 heavy (non-hydrogen) atoms. The Balaban J connectivity index is 1.44. The number of aliphatic hydroxyl groups is 1. The molecule has 0 aliphatic carbocycles. The number of carbonyl (C=O) groups excluding carboxylic acids is 8. The molecule has 1 aliphatic rings. The lowest BCUT2D eigenvalue weighted by atomic mass is 9.98. The van der Waals surface area contributed by atoms with Crippen LogP contribution in [0.15, 0.2) is 127 Å². The summed E-state index contributed by atoms with van der Waals surface area (Å²) in [7, 11) is 3.32. The molecule has 0 bridgehead atoms. The number of carboxylic acids is 1. The number of carbonyl (C=O) groups is 9. The number of aliphatic carboxylic acids is 1. The van der Waals surface area contributed by atoms with Crippen LogP contribution in [0.4, 0.5) is 0 Å². The van der Waals surface area contributed by atoms with Crippen LogP contribution in [0.3, 0.4) is 0 Å². The van der Waals surface area contributed by atoms with Gasteiger partial charge in [0.25, 0.3) is 11.8 Å². The van der Waals surface area contributed by atoms with Gasteiger partial charge in [-0.3, -0.25) is 38.4 Å². The lowest BCUT2D eigenvalue weighted by Gasteiger charge is -2.32. The molecular formula is C61H76N10O11S2. The zero-order chi connectivity index (χ0) is 60.9. The highest BCUT2D eigenvalue weighted by molar-refractivity contribution is 8.76. The van der Waals surface area contributed by atoms with E-state index in [1.165, 1.54) is 14.0 Å². The molecule has 13 N–H and O–H groups in total. The normalized spacial score (nSPS) is 22.5. The smallest absolute Gasteiger partial charge is 0.327 e. The fraction of sp³-hybridized carbons (Fsp3) is 0.393. The highest BCUT2D eigenvalue weighted by Crippen LogP contribution is 2.24. The summed E-state index contributed by atoms with van der Waals surface area (Å²) in [6.07, 6.45) is -2.57. The Hall–Kier alpha value is -7.83. The van der Waals surface area contributed by atoms with Gasteiger partial charge in [0, 0.05) is 43.4 Å². The van der Waals surface area contributed by atoms with E-state index in [9.17, 15) is 43.8 Å². The maximum Gasteiger partial charge on any atom is 0.327 e. The zero-order valence-electron chi connectivity index (χ0n) is 47.5. The standard InChI is InChI=1S/C61H76N10O11S2/c1-36(2)29-40-22-24-41(25-23-40)32-49-57(77)70-52(71(4)60(80)44-27-26-42-19-11-12-20-43(42)33-44)59(79)64-46(21-13-14-28-62)54(74)69-51(37(3)72)58(78)67-48(31-39-17-9-6-10-18-39)56(76)68-50(61(81)82)35-84-83-34-45(63)53(73)65-47(55(75)66-49)30-38-15-7-5-8-16-38/h5-12,15-20,22-27,33,36-37,45-52,72H,13-14,21,28-32,34-35,62-63H2,1-4H3,(H,64,79)(H,65,73)(H,66,75)(H,67,78)(H,68,76)(H,69,74)(H,70,77)(H,81,82)/t37?,45-,46+,47+,48+,49+,50+,51+,52-/m1/s1. The van der Waals surface area contributed by atoms with Crippen LogP contribution in [0.1, 0.15) is 72.6 Å². The van der Waals surface area contributed by atoms with Gasteiger partial charge in [-0.1, -0.05) is 151 Å². The Bertz CT molecular complexity index is 3070. The summed E-state index contributed by atoms with van der Waals surface area (Å²) < 4.78 is 0. The second-order valence-corrected chi connectivity index (χ2v) is 23.8. The summed E-state index contributed by atoms with van der Waals surface area (Å²) in [6, 6.07) is 26.6. The molecule has 5 aromatic rings. The number of likely N-dealkylation sites (N-methyl/N-ethyl adjacent to an activating group) is 1. The van der Waals surface area contributed by atoms with Crippen molar-refractivity contribution >= 4 is 85.6 Å². The number of aliphatic hydroxyl groups excluding tert-OH is 1. The van der Waals surface area contributed by atoms with Crippen LogP contribution in [-0.2, 0) is 64.0 Å². The van der Waals surface area contributed by atoms with E-state index in [0.717, 1.165) is 43.9 Å². The number of nitrogens with two attached hydrogens (primary N) is 2. The minimum atomic E-state index is -1.90. The molecule has 0 saturated carbocycles. The largest absolute Gasteiger partial charge is 0.480 e. The number of nitrogens with zero attached hydrogens (tertiary/aromatic N) is 1. The van der Waals surface area contributed by atoms with Crippen molar-refractivity contribution in [3.05, 3.63) is 155 Å².